The number of nitrogens with zero attached hydrogens (tertiary/aromatic N) is 1. The molecule has 148 valence electrons. The fraction of sp³-hybridized carbons (Fsp3) is 0.136. The van der Waals surface area contributed by atoms with Gasteiger partial charge in [0.05, 0.1) is 5.69 Å². The molecule has 4 rings (SSSR count). The molecule has 1 aliphatic rings. The molecule has 0 radical (unpaired) electrons. The van der Waals surface area contributed by atoms with Crippen molar-refractivity contribution in [2.45, 2.75) is 12.3 Å². The third-order valence-corrected chi connectivity index (χ3v) is 6.95. The maximum absolute atomic E-state index is 14.2. The minimum atomic E-state index is -4.50. The monoisotopic (exact) mass is 409 g/mol. The predicted molar refractivity (Wildman–Crippen MR) is 110 cm³/mol. The highest BCUT2D eigenvalue weighted by Gasteiger charge is 2.66. The Bertz CT molecular complexity index is 1060. The highest BCUT2D eigenvalue weighted by Crippen LogP contribution is 2.66. The predicted octanol–water partition coefficient (Wildman–Crippen LogP) is 4.47. The van der Waals surface area contributed by atoms with E-state index in [1.807, 2.05) is 13.0 Å². The van der Waals surface area contributed by atoms with Crippen LogP contribution in [-0.2, 0) is 14.7 Å². The summed E-state index contributed by atoms with van der Waals surface area (Å²) in [7, 11) is -2.99. The number of hydrogen-bond donors (Lipinski definition) is 1. The Kier molecular flexibility index (Phi) is 4.69. The first-order valence-corrected chi connectivity index (χ1v) is 10.6. The van der Waals surface area contributed by atoms with Gasteiger partial charge in [-0.05, 0) is 43.3 Å². The lowest BCUT2D eigenvalue weighted by Crippen LogP contribution is -2.41. The van der Waals surface area contributed by atoms with Gasteiger partial charge in [0, 0.05) is 12.6 Å². The standard InChI is InChI=1S/C22H20NO5P/c1-16-13-14-20-19(15-16)22(25,21(24)23(20)2)29(26,27-17-9-5-3-6-10-17)28-18-11-7-4-8-12-18/h3-15,25H,1-2H3. The van der Waals surface area contributed by atoms with Gasteiger partial charge in [0.2, 0.25) is 0 Å². The number of aryl methyl sites for hydroxylation is 1. The van der Waals surface area contributed by atoms with Crippen molar-refractivity contribution in [2.75, 3.05) is 11.9 Å². The summed E-state index contributed by atoms with van der Waals surface area (Å²) in [6, 6.07) is 21.9. The first-order valence-electron chi connectivity index (χ1n) is 9.06. The van der Waals surface area contributed by atoms with Crippen LogP contribution < -0.4 is 13.9 Å². The molecule has 1 amide bonds. The average Bonchev–Trinajstić information content (AvgIpc) is 2.91. The summed E-state index contributed by atoms with van der Waals surface area (Å²) >= 11 is 0. The first kappa shape index (κ1) is 19.2. The van der Waals surface area contributed by atoms with Gasteiger partial charge in [0.1, 0.15) is 11.5 Å². The molecule has 3 aromatic rings. The van der Waals surface area contributed by atoms with Crippen LogP contribution >= 0.6 is 7.60 Å². The quantitative estimate of drug-likeness (QED) is 0.630. The van der Waals surface area contributed by atoms with Crippen LogP contribution in [-0.4, -0.2) is 18.1 Å². The van der Waals surface area contributed by atoms with Crippen LogP contribution in [0.15, 0.2) is 78.9 Å². The Balaban J connectivity index is 1.90. The molecule has 1 N–H and O–H groups in total. The lowest BCUT2D eigenvalue weighted by molar-refractivity contribution is -0.129. The number of benzene rings is 3. The summed E-state index contributed by atoms with van der Waals surface area (Å²) in [5.74, 6) is -0.332. The van der Waals surface area contributed by atoms with Crippen molar-refractivity contribution >= 4 is 19.2 Å². The van der Waals surface area contributed by atoms with E-state index in [1.54, 1.807) is 72.8 Å². The number of anilines is 1. The van der Waals surface area contributed by atoms with Crippen LogP contribution in [0.4, 0.5) is 5.69 Å². The van der Waals surface area contributed by atoms with E-state index < -0.39 is 18.8 Å². The molecule has 0 spiro atoms. The maximum atomic E-state index is 14.2. The summed E-state index contributed by atoms with van der Waals surface area (Å²) in [5, 5.41) is 9.15. The number of aliphatic hydroxyl groups is 1. The number of hydrogen-bond acceptors (Lipinski definition) is 5. The van der Waals surface area contributed by atoms with Crippen LogP contribution in [0.2, 0.25) is 0 Å². The van der Waals surface area contributed by atoms with Gasteiger partial charge in [0.15, 0.2) is 0 Å². The minimum absolute atomic E-state index is 0.195. The summed E-state index contributed by atoms with van der Waals surface area (Å²) in [5.41, 5.74) is 1.45. The molecule has 0 aliphatic carbocycles. The van der Waals surface area contributed by atoms with Crippen molar-refractivity contribution < 1.29 is 23.5 Å². The third-order valence-electron chi connectivity index (χ3n) is 4.83. The van der Waals surface area contributed by atoms with E-state index in [0.29, 0.717) is 5.69 Å². The van der Waals surface area contributed by atoms with Gasteiger partial charge in [0.25, 0.3) is 11.2 Å². The number of amides is 1. The Morgan fingerprint density at radius 2 is 1.41 bits per heavy atom. The first-order chi connectivity index (χ1) is 13.8. The summed E-state index contributed by atoms with van der Waals surface area (Å²) in [4.78, 5) is 14.4. The maximum Gasteiger partial charge on any atom is 0.476 e. The minimum Gasteiger partial charge on any atom is -0.414 e. The van der Waals surface area contributed by atoms with Crippen molar-refractivity contribution in [3.8, 4) is 11.5 Å². The molecule has 0 bridgehead atoms. The number of carbonyl (C=O) groups excluding carboxylic acids is 1. The molecule has 7 heteroatoms. The Hall–Kier alpha value is -3.08. The molecule has 0 saturated heterocycles. The highest BCUT2D eigenvalue weighted by molar-refractivity contribution is 7.57. The van der Waals surface area contributed by atoms with Gasteiger partial charge in [-0.25, -0.2) is 4.57 Å². The Morgan fingerprint density at radius 1 is 0.897 bits per heavy atom. The smallest absolute Gasteiger partial charge is 0.414 e. The van der Waals surface area contributed by atoms with Crippen LogP contribution in [0.25, 0.3) is 0 Å². The van der Waals surface area contributed by atoms with Crippen molar-refractivity contribution in [3.05, 3.63) is 90.0 Å². The molecule has 0 aromatic heterocycles. The van der Waals surface area contributed by atoms with Gasteiger partial charge >= 0.3 is 7.60 Å². The molecule has 1 aliphatic heterocycles. The van der Waals surface area contributed by atoms with Crippen LogP contribution in [0, 0.1) is 6.92 Å². The van der Waals surface area contributed by atoms with E-state index >= 15 is 0 Å². The van der Waals surface area contributed by atoms with E-state index in [0.717, 1.165) is 5.56 Å². The second kappa shape index (κ2) is 7.07. The molecule has 6 nitrogen and oxygen atoms in total. The second-order valence-electron chi connectivity index (χ2n) is 6.86. The van der Waals surface area contributed by atoms with Gasteiger partial charge in [-0.15, -0.1) is 0 Å². The molecule has 3 aromatic carbocycles. The third kappa shape index (κ3) is 3.11. The topological polar surface area (TPSA) is 76.1 Å². The van der Waals surface area contributed by atoms with Gasteiger partial charge < -0.3 is 19.1 Å². The molecule has 0 saturated carbocycles. The zero-order valence-electron chi connectivity index (χ0n) is 16.0. The van der Waals surface area contributed by atoms with E-state index in [-0.39, 0.29) is 17.1 Å². The largest absolute Gasteiger partial charge is 0.476 e. The van der Waals surface area contributed by atoms with E-state index in [4.69, 9.17) is 9.05 Å². The fourth-order valence-electron chi connectivity index (χ4n) is 3.34. The number of likely N-dealkylation sites (N-methyl/N-ethyl adjacent to an activating group) is 1. The zero-order valence-corrected chi connectivity index (χ0v) is 16.9. The molecule has 0 fully saturated rings. The van der Waals surface area contributed by atoms with Crippen LogP contribution in [0.3, 0.4) is 0 Å². The normalized spacial score (nSPS) is 18.4. The van der Waals surface area contributed by atoms with Gasteiger partial charge in [-0.3, -0.25) is 4.79 Å². The van der Waals surface area contributed by atoms with Crippen molar-refractivity contribution in [2.24, 2.45) is 0 Å². The lowest BCUT2D eigenvalue weighted by Gasteiger charge is -2.30. The summed E-state index contributed by atoms with van der Waals surface area (Å²) in [6.07, 6.45) is 0. The number of rotatable bonds is 5. The van der Waals surface area contributed by atoms with E-state index in [2.05, 4.69) is 0 Å². The molecule has 1 atom stereocenters. The number of para-hydroxylation sites is 2. The van der Waals surface area contributed by atoms with Crippen molar-refractivity contribution in [3.63, 3.8) is 0 Å². The van der Waals surface area contributed by atoms with Crippen molar-refractivity contribution in [1.29, 1.82) is 0 Å². The van der Waals surface area contributed by atoms with Gasteiger partial charge in [-0.1, -0.05) is 48.0 Å². The molecule has 1 heterocycles. The number of carbonyl (C=O) groups is 1. The van der Waals surface area contributed by atoms with E-state index in [1.165, 1.54) is 11.9 Å². The van der Waals surface area contributed by atoms with Gasteiger partial charge in [-0.2, -0.15) is 0 Å². The molecular weight excluding hydrogens is 389 g/mol. The van der Waals surface area contributed by atoms with Crippen LogP contribution in [0.5, 0.6) is 11.5 Å². The van der Waals surface area contributed by atoms with Crippen molar-refractivity contribution in [1.82, 2.24) is 0 Å². The second-order valence-corrected chi connectivity index (χ2v) is 8.87. The average molecular weight is 409 g/mol. The van der Waals surface area contributed by atoms with E-state index in [9.17, 15) is 14.5 Å². The Labute approximate surface area is 168 Å². The lowest BCUT2D eigenvalue weighted by atomic mass is 10.1. The molecule has 29 heavy (non-hydrogen) atoms. The SMILES string of the molecule is Cc1ccc2c(c1)C(O)(P(=O)(Oc1ccccc1)Oc1ccccc1)C(=O)N2C. The van der Waals surface area contributed by atoms with Crippen LogP contribution in [0.1, 0.15) is 11.1 Å². The summed E-state index contributed by atoms with van der Waals surface area (Å²) in [6.45, 7) is 1.82. The summed E-state index contributed by atoms with van der Waals surface area (Å²) < 4.78 is 25.7. The molecular formula is C22H20NO5P. The fourth-order valence-corrected chi connectivity index (χ4v) is 5.29. The Morgan fingerprint density at radius 3 is 1.93 bits per heavy atom. The number of fused-ring (bicyclic) bond motifs is 1. The zero-order chi connectivity index (χ0) is 20.6. The molecule has 1 unspecified atom stereocenters. The highest BCUT2D eigenvalue weighted by atomic mass is 31.2.